The first-order chi connectivity index (χ1) is 8.07. The number of aryl methyl sites for hydroxylation is 1. The second-order valence-electron chi connectivity index (χ2n) is 3.99. The molecule has 0 amide bonds. The van der Waals surface area contributed by atoms with E-state index in [9.17, 15) is 8.42 Å². The summed E-state index contributed by atoms with van der Waals surface area (Å²) in [7, 11) is -2.80. The molecule has 0 aromatic carbocycles. The normalized spacial score (nSPS) is 11.9. The van der Waals surface area contributed by atoms with E-state index < -0.39 is 9.84 Å². The van der Waals surface area contributed by atoms with Gasteiger partial charge in [0.15, 0.2) is 0 Å². The predicted octanol–water partition coefficient (Wildman–Crippen LogP) is 2.22. The van der Waals surface area contributed by atoms with E-state index in [0.717, 1.165) is 19.5 Å². The first-order valence-corrected chi connectivity index (χ1v) is 8.70. The molecule has 1 rings (SSSR count). The monoisotopic (exact) mass is 275 g/mol. The lowest BCUT2D eigenvalue weighted by atomic mass is 10.3. The van der Waals surface area contributed by atoms with Gasteiger partial charge < -0.3 is 5.32 Å². The van der Waals surface area contributed by atoms with Crippen LogP contribution in [0.2, 0.25) is 0 Å². The van der Waals surface area contributed by atoms with E-state index in [2.05, 4.69) is 24.4 Å². The minimum absolute atomic E-state index is 0.248. The summed E-state index contributed by atoms with van der Waals surface area (Å²) in [6.45, 7) is 5.45. The molecule has 98 valence electrons. The summed E-state index contributed by atoms with van der Waals surface area (Å²) in [6.07, 6.45) is 1.78. The van der Waals surface area contributed by atoms with Gasteiger partial charge in [0.25, 0.3) is 0 Å². The molecule has 1 N–H and O–H groups in total. The Labute approximate surface area is 108 Å². The third kappa shape index (κ3) is 5.66. The molecular formula is C12H21NO2S2. The number of sulfone groups is 1. The zero-order valence-corrected chi connectivity index (χ0v) is 12.2. The van der Waals surface area contributed by atoms with Crippen molar-refractivity contribution >= 4 is 21.2 Å². The lowest BCUT2D eigenvalue weighted by Gasteiger charge is -2.03. The average molecular weight is 275 g/mol. The Morgan fingerprint density at radius 3 is 2.53 bits per heavy atom. The minimum atomic E-state index is -2.80. The van der Waals surface area contributed by atoms with Crippen LogP contribution in [-0.4, -0.2) is 26.5 Å². The molecule has 3 nitrogen and oxygen atoms in total. The van der Waals surface area contributed by atoms with E-state index >= 15 is 0 Å². The lowest BCUT2D eigenvalue weighted by Crippen LogP contribution is -2.18. The molecule has 0 fully saturated rings. The molecule has 5 heteroatoms. The Bertz CT molecular complexity index is 423. The second kappa shape index (κ2) is 7.13. The van der Waals surface area contributed by atoms with Gasteiger partial charge in [0.05, 0.1) is 5.75 Å². The van der Waals surface area contributed by atoms with Gasteiger partial charge in [-0.25, -0.2) is 8.42 Å². The summed E-state index contributed by atoms with van der Waals surface area (Å²) in [4.78, 5) is 2.72. The lowest BCUT2D eigenvalue weighted by molar-refractivity contribution is 0.590. The number of rotatable bonds is 8. The molecule has 0 unspecified atom stereocenters. The summed E-state index contributed by atoms with van der Waals surface area (Å²) in [5, 5.41) is 3.28. The van der Waals surface area contributed by atoms with Crippen LogP contribution in [0, 0.1) is 0 Å². The van der Waals surface area contributed by atoms with Crippen LogP contribution >= 0.6 is 11.3 Å². The fourth-order valence-electron chi connectivity index (χ4n) is 1.48. The zero-order valence-electron chi connectivity index (χ0n) is 10.5. The van der Waals surface area contributed by atoms with Crippen molar-refractivity contribution in [1.82, 2.24) is 5.32 Å². The van der Waals surface area contributed by atoms with Crippen molar-refractivity contribution in [3.05, 3.63) is 21.9 Å². The molecule has 0 aliphatic rings. The molecule has 0 aliphatic carbocycles. The third-order valence-electron chi connectivity index (χ3n) is 2.61. The van der Waals surface area contributed by atoms with Crippen LogP contribution in [-0.2, 0) is 22.8 Å². The summed E-state index contributed by atoms with van der Waals surface area (Å²) >= 11 is 1.82. The average Bonchev–Trinajstić information content (AvgIpc) is 2.76. The van der Waals surface area contributed by atoms with E-state index in [1.807, 2.05) is 11.3 Å². The van der Waals surface area contributed by atoms with Crippen LogP contribution in [0.4, 0.5) is 0 Å². The maximum Gasteiger partial charge on any atom is 0.150 e. The maximum atomic E-state index is 11.2. The number of thiophene rings is 1. The van der Waals surface area contributed by atoms with Crippen LogP contribution in [0.5, 0.6) is 0 Å². The quantitative estimate of drug-likeness (QED) is 0.740. The molecular weight excluding hydrogens is 254 g/mol. The van der Waals surface area contributed by atoms with Crippen LogP contribution < -0.4 is 5.32 Å². The van der Waals surface area contributed by atoms with Crippen molar-refractivity contribution in [2.24, 2.45) is 0 Å². The van der Waals surface area contributed by atoms with E-state index in [1.54, 1.807) is 6.92 Å². The number of hydrogen-bond acceptors (Lipinski definition) is 4. The Kier molecular flexibility index (Phi) is 6.16. The van der Waals surface area contributed by atoms with E-state index in [0.29, 0.717) is 12.2 Å². The Balaban J connectivity index is 2.16. The van der Waals surface area contributed by atoms with Gasteiger partial charge >= 0.3 is 0 Å². The molecule has 0 saturated heterocycles. The van der Waals surface area contributed by atoms with Crippen molar-refractivity contribution in [2.75, 3.05) is 18.1 Å². The standard InChI is InChI=1S/C12H21NO2S2/c1-3-11-6-7-12(16-11)10-13-8-5-9-17(14,15)4-2/h6-7,13H,3-5,8-10H2,1-2H3. The van der Waals surface area contributed by atoms with Crippen LogP contribution in [0.25, 0.3) is 0 Å². The van der Waals surface area contributed by atoms with Gasteiger partial charge in [0.2, 0.25) is 0 Å². The van der Waals surface area contributed by atoms with Crippen LogP contribution in [0.15, 0.2) is 12.1 Å². The minimum Gasteiger partial charge on any atom is -0.312 e. The number of nitrogens with one attached hydrogen (secondary N) is 1. The fourth-order valence-corrected chi connectivity index (χ4v) is 3.28. The number of hydrogen-bond donors (Lipinski definition) is 1. The maximum absolute atomic E-state index is 11.2. The Morgan fingerprint density at radius 2 is 1.94 bits per heavy atom. The summed E-state index contributed by atoms with van der Waals surface area (Å²) in [5.41, 5.74) is 0. The van der Waals surface area contributed by atoms with Gasteiger partial charge in [-0.3, -0.25) is 0 Å². The van der Waals surface area contributed by atoms with E-state index in [-0.39, 0.29) is 5.75 Å². The molecule has 0 bridgehead atoms. The molecule has 1 aromatic heterocycles. The summed E-state index contributed by atoms with van der Waals surface area (Å²) < 4.78 is 22.5. The largest absolute Gasteiger partial charge is 0.312 e. The van der Waals surface area contributed by atoms with Crippen molar-refractivity contribution in [1.29, 1.82) is 0 Å². The van der Waals surface area contributed by atoms with Crippen LogP contribution in [0.3, 0.4) is 0 Å². The van der Waals surface area contributed by atoms with Crippen molar-refractivity contribution in [3.63, 3.8) is 0 Å². The van der Waals surface area contributed by atoms with Crippen molar-refractivity contribution in [2.45, 2.75) is 33.2 Å². The molecule has 0 saturated carbocycles. The highest BCUT2D eigenvalue weighted by Gasteiger charge is 2.06. The summed E-state index contributed by atoms with van der Waals surface area (Å²) in [6, 6.07) is 4.29. The molecule has 1 aromatic rings. The highest BCUT2D eigenvalue weighted by Crippen LogP contribution is 2.16. The highest BCUT2D eigenvalue weighted by atomic mass is 32.2. The van der Waals surface area contributed by atoms with Gasteiger partial charge in [0, 0.05) is 22.1 Å². The zero-order chi connectivity index (χ0) is 12.7. The SMILES string of the molecule is CCc1ccc(CNCCCS(=O)(=O)CC)s1. The topological polar surface area (TPSA) is 46.2 Å². The molecule has 0 radical (unpaired) electrons. The fraction of sp³-hybridized carbons (Fsp3) is 0.667. The van der Waals surface area contributed by atoms with Gasteiger partial charge in [-0.15, -0.1) is 11.3 Å². The smallest absolute Gasteiger partial charge is 0.150 e. The molecule has 17 heavy (non-hydrogen) atoms. The van der Waals surface area contributed by atoms with Gasteiger partial charge in [-0.1, -0.05) is 13.8 Å². The molecule has 0 aliphatic heterocycles. The van der Waals surface area contributed by atoms with Gasteiger partial charge in [-0.05, 0) is 31.5 Å². The van der Waals surface area contributed by atoms with E-state index in [1.165, 1.54) is 9.75 Å². The summed E-state index contributed by atoms with van der Waals surface area (Å²) in [5.74, 6) is 0.541. The third-order valence-corrected chi connectivity index (χ3v) is 5.63. The molecule has 0 spiro atoms. The Hall–Kier alpha value is -0.390. The van der Waals surface area contributed by atoms with Crippen molar-refractivity contribution in [3.8, 4) is 0 Å². The van der Waals surface area contributed by atoms with E-state index in [4.69, 9.17) is 0 Å². The molecule has 1 heterocycles. The first kappa shape index (κ1) is 14.7. The highest BCUT2D eigenvalue weighted by molar-refractivity contribution is 7.91. The van der Waals surface area contributed by atoms with Gasteiger partial charge in [0.1, 0.15) is 9.84 Å². The predicted molar refractivity (Wildman–Crippen MR) is 74.3 cm³/mol. The Morgan fingerprint density at radius 1 is 1.24 bits per heavy atom. The van der Waals surface area contributed by atoms with Gasteiger partial charge in [-0.2, -0.15) is 0 Å². The first-order valence-electron chi connectivity index (χ1n) is 6.06. The van der Waals surface area contributed by atoms with Crippen LogP contribution in [0.1, 0.15) is 30.0 Å². The van der Waals surface area contributed by atoms with Crippen molar-refractivity contribution < 1.29 is 8.42 Å². The molecule has 0 atom stereocenters. The second-order valence-corrected chi connectivity index (χ2v) is 7.71.